The second kappa shape index (κ2) is 17.7. The Morgan fingerprint density at radius 1 is 0.509 bits per heavy atom. The molecule has 4 heteroatoms. The molecule has 0 bridgehead atoms. The Bertz CT molecular complexity index is 2670. The van der Waals surface area contributed by atoms with E-state index >= 15 is 0 Å². The molecule has 268 valence electrons. The van der Waals surface area contributed by atoms with E-state index in [1.54, 1.807) is 6.26 Å². The SMILES string of the molecule is C=C/C=C\C(=C/C)c1ccc2[nH]c3c(c2c1)c1[nH]c2ccc(C(/C=C\C)=C/C=C)cc2c1c1[nH]c2ccc(C(/C=C\C)=C/C=C\C)cc2c31.CC.CS. The largest absolute Gasteiger partial charge is 0.354 e. The van der Waals surface area contributed by atoms with E-state index in [9.17, 15) is 0 Å². The van der Waals surface area contributed by atoms with E-state index in [1.165, 1.54) is 43.5 Å². The molecule has 0 aliphatic heterocycles. The van der Waals surface area contributed by atoms with Crippen LogP contribution in [-0.4, -0.2) is 21.2 Å². The van der Waals surface area contributed by atoms with Gasteiger partial charge in [0, 0.05) is 48.9 Å². The Balaban J connectivity index is 0.00000131. The third-order valence-electron chi connectivity index (χ3n) is 9.33. The lowest BCUT2D eigenvalue weighted by atomic mass is 9.97. The van der Waals surface area contributed by atoms with Gasteiger partial charge >= 0.3 is 0 Å². The summed E-state index contributed by atoms with van der Waals surface area (Å²) in [7, 11) is 0. The van der Waals surface area contributed by atoms with Crippen molar-refractivity contribution in [3.63, 3.8) is 0 Å². The number of allylic oxidation sites excluding steroid dienone is 16. The lowest BCUT2D eigenvalue weighted by Crippen LogP contribution is -1.82. The van der Waals surface area contributed by atoms with Crippen molar-refractivity contribution in [3.05, 3.63) is 163 Å². The van der Waals surface area contributed by atoms with Gasteiger partial charge in [-0.05, 0) is 104 Å². The van der Waals surface area contributed by atoms with Gasteiger partial charge in [0.1, 0.15) is 0 Å². The summed E-state index contributed by atoms with van der Waals surface area (Å²) in [6.45, 7) is 20.1. The molecule has 4 aromatic carbocycles. The van der Waals surface area contributed by atoms with Crippen LogP contribution in [-0.2, 0) is 0 Å². The Morgan fingerprint density at radius 2 is 0.925 bits per heavy atom. The van der Waals surface area contributed by atoms with E-state index in [4.69, 9.17) is 0 Å². The third-order valence-corrected chi connectivity index (χ3v) is 9.33. The summed E-state index contributed by atoms with van der Waals surface area (Å²) in [5.41, 5.74) is 13.6. The molecule has 3 nitrogen and oxygen atoms in total. The maximum absolute atomic E-state index is 3.97. The van der Waals surface area contributed by atoms with Crippen molar-refractivity contribution in [1.82, 2.24) is 15.0 Å². The van der Waals surface area contributed by atoms with Gasteiger partial charge in [-0.1, -0.05) is 124 Å². The molecule has 3 aromatic heterocycles. The molecule has 0 unspecified atom stereocenters. The van der Waals surface area contributed by atoms with Gasteiger partial charge in [0.2, 0.25) is 0 Å². The van der Waals surface area contributed by atoms with Crippen molar-refractivity contribution < 1.29 is 0 Å². The number of aromatic amines is 3. The molecular formula is C49H51N3S. The molecule has 0 saturated heterocycles. The average molecular weight is 714 g/mol. The number of H-pyrrole nitrogens is 3. The second-order valence-electron chi connectivity index (χ2n) is 12.3. The Morgan fingerprint density at radius 3 is 1.28 bits per heavy atom. The smallest absolute Gasteiger partial charge is 0.0588 e. The van der Waals surface area contributed by atoms with Crippen molar-refractivity contribution >= 4 is 94.8 Å². The minimum atomic E-state index is 1.10. The molecule has 0 saturated carbocycles. The summed E-state index contributed by atoms with van der Waals surface area (Å²) in [5, 5.41) is 7.14. The summed E-state index contributed by atoms with van der Waals surface area (Å²) in [4.78, 5) is 11.6. The molecule has 3 heterocycles. The van der Waals surface area contributed by atoms with E-state index in [2.05, 4.69) is 170 Å². The Hall–Kier alpha value is -5.71. The molecule has 0 aliphatic carbocycles. The number of rotatable bonds is 9. The number of hydrogen-bond acceptors (Lipinski definition) is 1. The van der Waals surface area contributed by atoms with Crippen molar-refractivity contribution in [3.8, 4) is 0 Å². The molecule has 0 radical (unpaired) electrons. The van der Waals surface area contributed by atoms with Crippen LogP contribution < -0.4 is 0 Å². The van der Waals surface area contributed by atoms with Crippen LogP contribution in [0.2, 0.25) is 0 Å². The highest BCUT2D eigenvalue weighted by Gasteiger charge is 2.22. The highest BCUT2D eigenvalue weighted by molar-refractivity contribution is 7.79. The topological polar surface area (TPSA) is 47.4 Å². The fraction of sp³-hybridized carbons (Fsp3) is 0.143. The second-order valence-corrected chi connectivity index (χ2v) is 12.3. The van der Waals surface area contributed by atoms with Gasteiger partial charge in [-0.15, -0.1) is 0 Å². The predicted octanol–water partition coefficient (Wildman–Crippen LogP) is 15.0. The van der Waals surface area contributed by atoms with Gasteiger partial charge in [-0.2, -0.15) is 12.6 Å². The standard InChI is InChI=1S/C46H41N3.C2H6.CH4S/c1-7-13-18-29(12-6)32-20-23-38-35(26-32)41-44-42(36-27-33(21-24-39(36)48-44)30(15-9-3)16-10-4)46-43(45(41)47-38)37-28-34(22-25-40(37)49-46)31(17-11-5)19-14-8-2;2*1-2/h7-28,47-49H,1,3H2,2,4-6H3;1-2H3;2H,1H3/b14-8-,16-10-,17-11-,18-13-,29-12+,30-15+,31-19+;;. The molecule has 0 spiro atoms. The van der Waals surface area contributed by atoms with Crippen LogP contribution in [0, 0.1) is 0 Å². The highest BCUT2D eigenvalue weighted by Crippen LogP contribution is 2.45. The third kappa shape index (κ3) is 7.20. The molecular weight excluding hydrogens is 663 g/mol. The van der Waals surface area contributed by atoms with Gasteiger partial charge in [0.15, 0.2) is 0 Å². The lowest BCUT2D eigenvalue weighted by Gasteiger charge is -2.05. The van der Waals surface area contributed by atoms with Crippen LogP contribution in [0.1, 0.15) is 58.2 Å². The fourth-order valence-corrected chi connectivity index (χ4v) is 7.17. The van der Waals surface area contributed by atoms with Crippen LogP contribution in [0.4, 0.5) is 0 Å². The first kappa shape index (κ1) is 38.5. The fourth-order valence-electron chi connectivity index (χ4n) is 7.17. The molecule has 7 aromatic rings. The first-order valence-electron chi connectivity index (χ1n) is 18.4. The van der Waals surface area contributed by atoms with Gasteiger partial charge in [0.05, 0.1) is 16.6 Å². The molecule has 0 fully saturated rings. The maximum atomic E-state index is 3.97. The minimum Gasteiger partial charge on any atom is -0.354 e. The quantitative estimate of drug-likeness (QED) is 0.0850. The molecule has 3 N–H and O–H groups in total. The zero-order valence-electron chi connectivity index (χ0n) is 32.1. The molecule has 0 aliphatic rings. The first-order chi connectivity index (χ1) is 26.0. The van der Waals surface area contributed by atoms with Gasteiger partial charge in [-0.3, -0.25) is 0 Å². The first-order valence-corrected chi connectivity index (χ1v) is 19.2. The lowest BCUT2D eigenvalue weighted by molar-refractivity contribution is 1.50. The number of nitrogens with one attached hydrogen (secondary N) is 3. The van der Waals surface area contributed by atoms with Gasteiger partial charge in [-0.25, -0.2) is 0 Å². The number of hydrogen-bond donors (Lipinski definition) is 4. The van der Waals surface area contributed by atoms with E-state index in [0.29, 0.717) is 0 Å². The number of thiol groups is 1. The summed E-state index contributed by atoms with van der Waals surface area (Å²) in [6.07, 6.45) is 28.5. The Kier molecular flexibility index (Phi) is 12.8. The highest BCUT2D eigenvalue weighted by atomic mass is 32.1. The van der Waals surface area contributed by atoms with Gasteiger partial charge < -0.3 is 15.0 Å². The van der Waals surface area contributed by atoms with Crippen molar-refractivity contribution in [2.45, 2.75) is 41.5 Å². The molecule has 0 atom stereocenters. The van der Waals surface area contributed by atoms with E-state index < -0.39 is 0 Å². The van der Waals surface area contributed by atoms with Gasteiger partial charge in [0.25, 0.3) is 0 Å². The van der Waals surface area contributed by atoms with Crippen LogP contribution >= 0.6 is 12.6 Å². The Labute approximate surface area is 319 Å². The summed E-state index contributed by atoms with van der Waals surface area (Å²) in [6, 6.07) is 20.2. The number of aromatic nitrogens is 3. The van der Waals surface area contributed by atoms with Crippen molar-refractivity contribution in [2.24, 2.45) is 0 Å². The van der Waals surface area contributed by atoms with E-state index in [1.807, 2.05) is 45.9 Å². The predicted molar refractivity (Wildman–Crippen MR) is 244 cm³/mol. The number of benzene rings is 4. The zero-order valence-corrected chi connectivity index (χ0v) is 33.0. The van der Waals surface area contributed by atoms with E-state index in [-0.39, 0.29) is 0 Å². The minimum absolute atomic E-state index is 1.10. The normalized spacial score (nSPS) is 13.1. The summed E-state index contributed by atoms with van der Waals surface area (Å²) < 4.78 is 0. The molecule has 0 amide bonds. The number of fused-ring (bicyclic) bond motifs is 12. The van der Waals surface area contributed by atoms with Crippen LogP contribution in [0.25, 0.3) is 82.1 Å². The molecule has 53 heavy (non-hydrogen) atoms. The summed E-state index contributed by atoms with van der Waals surface area (Å²) in [5.74, 6) is 0. The average Bonchev–Trinajstić information content (AvgIpc) is 3.89. The monoisotopic (exact) mass is 713 g/mol. The maximum Gasteiger partial charge on any atom is 0.0588 e. The van der Waals surface area contributed by atoms with Crippen molar-refractivity contribution in [1.29, 1.82) is 0 Å². The molecule has 7 rings (SSSR count). The van der Waals surface area contributed by atoms with Crippen molar-refractivity contribution in [2.75, 3.05) is 6.26 Å². The van der Waals surface area contributed by atoms with Crippen LogP contribution in [0.15, 0.2) is 147 Å². The van der Waals surface area contributed by atoms with Crippen LogP contribution in [0.3, 0.4) is 0 Å². The van der Waals surface area contributed by atoms with E-state index in [0.717, 1.165) is 55.4 Å². The summed E-state index contributed by atoms with van der Waals surface area (Å²) >= 11 is 3.53. The van der Waals surface area contributed by atoms with Crippen LogP contribution in [0.5, 0.6) is 0 Å². The zero-order chi connectivity index (χ0) is 38.1.